The Morgan fingerprint density at radius 2 is 1.67 bits per heavy atom. The zero-order valence-electron chi connectivity index (χ0n) is 24.2. The van der Waals surface area contributed by atoms with Gasteiger partial charge in [-0.2, -0.15) is 0 Å². The number of rotatable bonds is 10. The number of hydrogen-bond acceptors (Lipinski definition) is 9. The molecule has 1 aliphatic carbocycles. The number of sulfonamides is 1. The molecule has 4 rings (SSSR count). The van der Waals surface area contributed by atoms with Crippen LogP contribution in [0.2, 0.25) is 5.02 Å². The Kier molecular flexibility index (Phi) is 10.1. The lowest BCUT2D eigenvalue weighted by Crippen LogP contribution is -2.42. The molecular weight excluding hydrogens is 580 g/mol. The third kappa shape index (κ3) is 8.93. The molecule has 1 amide bonds. The van der Waals surface area contributed by atoms with Crippen molar-refractivity contribution < 1.29 is 22.7 Å². The molecule has 0 saturated heterocycles. The van der Waals surface area contributed by atoms with Crippen molar-refractivity contribution in [2.75, 3.05) is 17.1 Å². The van der Waals surface area contributed by atoms with Crippen LogP contribution in [0, 0.1) is 0 Å². The van der Waals surface area contributed by atoms with Gasteiger partial charge in [0.2, 0.25) is 5.95 Å². The molecule has 2 aromatic heterocycles. The van der Waals surface area contributed by atoms with Crippen molar-refractivity contribution in [1.82, 2.24) is 20.3 Å². The van der Waals surface area contributed by atoms with Crippen LogP contribution >= 0.6 is 11.6 Å². The van der Waals surface area contributed by atoms with E-state index < -0.39 is 15.6 Å². The van der Waals surface area contributed by atoms with Crippen LogP contribution in [-0.4, -0.2) is 54.3 Å². The van der Waals surface area contributed by atoms with Gasteiger partial charge in [-0.15, -0.1) is 0 Å². The number of aromatic nitrogens is 3. The van der Waals surface area contributed by atoms with E-state index in [1.165, 1.54) is 25.4 Å². The smallest absolute Gasteiger partial charge is 0.407 e. The number of pyridine rings is 1. The highest BCUT2D eigenvalue weighted by Crippen LogP contribution is 2.27. The lowest BCUT2D eigenvalue weighted by Gasteiger charge is -2.30. The molecule has 11 nitrogen and oxygen atoms in total. The minimum absolute atomic E-state index is 0.0180. The molecule has 0 bridgehead atoms. The molecule has 42 heavy (non-hydrogen) atoms. The number of benzene rings is 1. The summed E-state index contributed by atoms with van der Waals surface area (Å²) in [7, 11) is -2.38. The predicted molar refractivity (Wildman–Crippen MR) is 162 cm³/mol. The Morgan fingerprint density at radius 1 is 1.00 bits per heavy atom. The number of hydrogen-bond donors (Lipinski definition) is 3. The van der Waals surface area contributed by atoms with Gasteiger partial charge in [-0.05, 0) is 77.0 Å². The van der Waals surface area contributed by atoms with Gasteiger partial charge in [-0.3, -0.25) is 9.71 Å². The standard InChI is InChI=1S/C29H37ClN6O5S/c1-29(2,3)41-28(37)35-21-12-10-20(11-13-21)34-27-32-16-19(17-33-27)9-14-24-25(40-4)15-22(18-31-24)36-42(38,39)26-8-6-5-7-23(26)30/h5-8,15-18,20-21,36H,9-14H2,1-4H3,(H,35,37)(H,32,33,34). The van der Waals surface area contributed by atoms with E-state index in [4.69, 9.17) is 21.1 Å². The summed E-state index contributed by atoms with van der Waals surface area (Å²) in [6.45, 7) is 5.55. The van der Waals surface area contributed by atoms with Crippen LogP contribution in [0.4, 0.5) is 16.4 Å². The van der Waals surface area contributed by atoms with E-state index in [0.717, 1.165) is 31.2 Å². The first-order chi connectivity index (χ1) is 19.9. The third-order valence-corrected chi connectivity index (χ3v) is 8.55. The van der Waals surface area contributed by atoms with Gasteiger partial charge in [0.1, 0.15) is 16.2 Å². The van der Waals surface area contributed by atoms with Crippen molar-refractivity contribution in [2.24, 2.45) is 0 Å². The maximum absolute atomic E-state index is 12.8. The topological polar surface area (TPSA) is 144 Å². The van der Waals surface area contributed by atoms with E-state index in [1.54, 1.807) is 30.6 Å². The maximum atomic E-state index is 12.8. The number of aryl methyl sites for hydroxylation is 2. The molecule has 0 atom stereocenters. The summed E-state index contributed by atoms with van der Waals surface area (Å²) in [4.78, 5) is 25.4. The van der Waals surface area contributed by atoms with Gasteiger partial charge in [0, 0.05) is 30.5 Å². The summed E-state index contributed by atoms with van der Waals surface area (Å²) in [5.74, 6) is 1.03. The fourth-order valence-corrected chi connectivity index (χ4v) is 6.18. The zero-order chi connectivity index (χ0) is 30.3. The van der Waals surface area contributed by atoms with Gasteiger partial charge in [-0.25, -0.2) is 23.2 Å². The zero-order valence-corrected chi connectivity index (χ0v) is 25.8. The van der Waals surface area contributed by atoms with Crippen LogP contribution in [-0.2, 0) is 27.6 Å². The molecule has 3 N–H and O–H groups in total. The minimum atomic E-state index is -3.89. The largest absolute Gasteiger partial charge is 0.495 e. The maximum Gasteiger partial charge on any atom is 0.407 e. The van der Waals surface area contributed by atoms with E-state index in [0.29, 0.717) is 30.2 Å². The van der Waals surface area contributed by atoms with Gasteiger partial charge in [0.25, 0.3) is 10.0 Å². The Morgan fingerprint density at radius 3 is 2.31 bits per heavy atom. The van der Waals surface area contributed by atoms with Crippen LogP contribution in [0.5, 0.6) is 5.75 Å². The van der Waals surface area contributed by atoms with Gasteiger partial charge >= 0.3 is 6.09 Å². The van der Waals surface area contributed by atoms with Gasteiger partial charge in [-0.1, -0.05) is 23.7 Å². The summed E-state index contributed by atoms with van der Waals surface area (Å²) < 4.78 is 38.9. The number of methoxy groups -OCH3 is 1. The second-order valence-corrected chi connectivity index (χ2v) is 13.2. The molecule has 0 unspecified atom stereocenters. The van der Waals surface area contributed by atoms with Crippen LogP contribution in [0.3, 0.4) is 0 Å². The fourth-order valence-electron chi connectivity index (χ4n) is 4.63. The summed E-state index contributed by atoms with van der Waals surface area (Å²) in [6, 6.07) is 8.15. The normalized spacial score (nSPS) is 17.3. The van der Waals surface area contributed by atoms with Crippen molar-refractivity contribution in [3.05, 3.63) is 65.2 Å². The van der Waals surface area contributed by atoms with Gasteiger partial charge < -0.3 is 20.1 Å². The highest BCUT2D eigenvalue weighted by atomic mass is 35.5. The van der Waals surface area contributed by atoms with Crippen molar-refractivity contribution in [2.45, 2.75) is 81.9 Å². The third-order valence-electron chi connectivity index (χ3n) is 6.67. The first kappa shape index (κ1) is 31.3. The van der Waals surface area contributed by atoms with Crippen molar-refractivity contribution in [3.8, 4) is 5.75 Å². The Labute approximate surface area is 251 Å². The molecule has 1 aromatic carbocycles. The molecule has 0 spiro atoms. The fraction of sp³-hybridized carbons (Fsp3) is 0.448. The lowest BCUT2D eigenvalue weighted by molar-refractivity contribution is 0.0492. The highest BCUT2D eigenvalue weighted by Gasteiger charge is 2.25. The van der Waals surface area contributed by atoms with E-state index >= 15 is 0 Å². The summed E-state index contributed by atoms with van der Waals surface area (Å²) in [5, 5.41) is 6.47. The highest BCUT2D eigenvalue weighted by molar-refractivity contribution is 7.92. The summed E-state index contributed by atoms with van der Waals surface area (Å²) in [6.07, 6.45) is 9.29. The Bertz CT molecular complexity index is 1470. The summed E-state index contributed by atoms with van der Waals surface area (Å²) >= 11 is 6.06. The van der Waals surface area contributed by atoms with Crippen molar-refractivity contribution in [1.29, 1.82) is 0 Å². The number of anilines is 2. The molecule has 0 radical (unpaired) electrons. The van der Waals surface area contributed by atoms with Crippen LogP contribution in [0.1, 0.15) is 57.7 Å². The number of carbonyl (C=O) groups excluding carboxylic acids is 1. The van der Waals surface area contributed by atoms with Crippen LogP contribution in [0.25, 0.3) is 0 Å². The molecule has 13 heteroatoms. The molecule has 2 heterocycles. The minimum Gasteiger partial charge on any atom is -0.495 e. The van der Waals surface area contributed by atoms with E-state index in [2.05, 4.69) is 30.3 Å². The average Bonchev–Trinajstić information content (AvgIpc) is 2.93. The SMILES string of the molecule is COc1cc(NS(=O)(=O)c2ccccc2Cl)cnc1CCc1cnc(NC2CCC(NC(=O)OC(C)(C)C)CC2)nc1. The van der Waals surface area contributed by atoms with Gasteiger partial charge in [0.05, 0.1) is 29.7 Å². The Balaban J connectivity index is 1.27. The molecule has 1 saturated carbocycles. The number of carbonyl (C=O) groups is 1. The van der Waals surface area contributed by atoms with E-state index in [9.17, 15) is 13.2 Å². The number of halogens is 1. The quantitative estimate of drug-likeness (QED) is 0.274. The Hall–Kier alpha value is -3.64. The number of amides is 1. The number of nitrogens with zero attached hydrogens (tertiary/aromatic N) is 3. The van der Waals surface area contributed by atoms with Gasteiger partial charge in [0.15, 0.2) is 0 Å². The number of ether oxygens (including phenoxy) is 2. The number of nitrogens with one attached hydrogen (secondary N) is 3. The summed E-state index contributed by atoms with van der Waals surface area (Å²) in [5.41, 5.74) is 1.36. The molecule has 1 aliphatic rings. The first-order valence-electron chi connectivity index (χ1n) is 13.8. The van der Waals surface area contributed by atoms with Crippen molar-refractivity contribution >= 4 is 39.4 Å². The number of alkyl carbamates (subject to hydrolysis) is 1. The first-order valence-corrected chi connectivity index (χ1v) is 15.7. The van der Waals surface area contributed by atoms with Crippen LogP contribution < -0.4 is 20.1 Å². The second-order valence-electron chi connectivity index (χ2n) is 11.2. The molecule has 1 fully saturated rings. The molecule has 3 aromatic rings. The van der Waals surface area contributed by atoms with E-state index in [-0.39, 0.29) is 33.8 Å². The predicted octanol–water partition coefficient (Wildman–Crippen LogP) is 5.37. The molecule has 0 aliphatic heterocycles. The van der Waals surface area contributed by atoms with E-state index in [1.807, 2.05) is 20.8 Å². The molecule has 226 valence electrons. The van der Waals surface area contributed by atoms with Crippen molar-refractivity contribution in [3.63, 3.8) is 0 Å². The lowest BCUT2D eigenvalue weighted by atomic mass is 9.91. The second kappa shape index (κ2) is 13.6. The van der Waals surface area contributed by atoms with Crippen LogP contribution in [0.15, 0.2) is 53.8 Å². The molecular formula is C29H37ClN6O5S. The average molecular weight is 617 g/mol. The monoisotopic (exact) mass is 616 g/mol.